The van der Waals surface area contributed by atoms with Gasteiger partial charge in [-0.15, -0.1) is 0 Å². The van der Waals surface area contributed by atoms with Crippen LogP contribution in [0.2, 0.25) is 0 Å². The summed E-state index contributed by atoms with van der Waals surface area (Å²) in [7, 11) is 0. The molecule has 1 aromatic rings. The van der Waals surface area contributed by atoms with Gasteiger partial charge in [0.2, 0.25) is 0 Å². The third kappa shape index (κ3) is 1.91. The quantitative estimate of drug-likeness (QED) is 0.586. The van der Waals surface area contributed by atoms with Gasteiger partial charge in [0.1, 0.15) is 11.6 Å². The number of ketones is 1. The Morgan fingerprint density at radius 3 is 2.33 bits per heavy atom. The Kier molecular flexibility index (Phi) is 3.00. The van der Waals surface area contributed by atoms with Gasteiger partial charge in [0.05, 0.1) is 10.0 Å². The van der Waals surface area contributed by atoms with Crippen molar-refractivity contribution in [2.75, 3.05) is 0 Å². The van der Waals surface area contributed by atoms with Crippen LogP contribution in [0.25, 0.3) is 0 Å². The molecule has 2 saturated carbocycles. The zero-order valence-electron chi connectivity index (χ0n) is 9.76. The normalized spacial score (nSPS) is 29.8. The lowest BCUT2D eigenvalue weighted by atomic mass is 10.0. The largest absolute Gasteiger partial charge is 0.294 e. The topological polar surface area (TPSA) is 17.1 Å². The fraction of sp³-hybridized carbons (Fsp3) is 0.500. The fourth-order valence-electron chi connectivity index (χ4n) is 3.27. The number of halogens is 3. The summed E-state index contributed by atoms with van der Waals surface area (Å²) in [6.45, 7) is 0. The molecule has 2 atom stereocenters. The Labute approximate surface area is 113 Å². The van der Waals surface area contributed by atoms with E-state index < -0.39 is 11.6 Å². The highest BCUT2D eigenvalue weighted by Gasteiger charge is 2.54. The van der Waals surface area contributed by atoms with Crippen molar-refractivity contribution in [2.24, 2.45) is 17.8 Å². The Bertz CT molecular complexity index is 503. The molecule has 18 heavy (non-hydrogen) atoms. The van der Waals surface area contributed by atoms with Crippen molar-refractivity contribution in [2.45, 2.75) is 25.7 Å². The van der Waals surface area contributed by atoms with Gasteiger partial charge >= 0.3 is 0 Å². The highest BCUT2D eigenvalue weighted by atomic mass is 79.9. The zero-order chi connectivity index (χ0) is 12.9. The van der Waals surface area contributed by atoms with Gasteiger partial charge < -0.3 is 0 Å². The van der Waals surface area contributed by atoms with E-state index in [1.54, 1.807) is 0 Å². The molecular weight excluding hydrogens is 302 g/mol. The molecule has 0 heterocycles. The van der Waals surface area contributed by atoms with Gasteiger partial charge in [0, 0.05) is 5.92 Å². The number of benzene rings is 1. The first kappa shape index (κ1) is 12.3. The van der Waals surface area contributed by atoms with Crippen LogP contribution in [0.5, 0.6) is 0 Å². The van der Waals surface area contributed by atoms with Crippen molar-refractivity contribution < 1.29 is 13.6 Å². The molecule has 96 valence electrons. The second kappa shape index (κ2) is 4.41. The summed E-state index contributed by atoms with van der Waals surface area (Å²) in [6, 6.07) is 2.06. The second-order valence-electron chi connectivity index (χ2n) is 5.25. The maximum atomic E-state index is 13.7. The predicted octanol–water partition coefficient (Wildman–Crippen LogP) is 4.35. The minimum Gasteiger partial charge on any atom is -0.294 e. The first-order chi connectivity index (χ1) is 8.59. The second-order valence-corrected chi connectivity index (χ2v) is 6.10. The maximum Gasteiger partial charge on any atom is 0.169 e. The molecule has 0 amide bonds. The van der Waals surface area contributed by atoms with Crippen molar-refractivity contribution in [3.05, 3.63) is 33.8 Å². The number of fused-ring (bicyclic) bond motifs is 1. The van der Waals surface area contributed by atoms with Gasteiger partial charge in [-0.05, 0) is 52.7 Å². The molecule has 0 aliphatic heterocycles. The smallest absolute Gasteiger partial charge is 0.169 e. The number of hydrogen-bond acceptors (Lipinski definition) is 1. The first-order valence-electron chi connectivity index (χ1n) is 6.28. The third-order valence-electron chi connectivity index (χ3n) is 4.23. The van der Waals surface area contributed by atoms with Crippen molar-refractivity contribution in [3.8, 4) is 0 Å². The lowest BCUT2D eigenvalue weighted by molar-refractivity contribution is 0.0952. The summed E-state index contributed by atoms with van der Waals surface area (Å²) in [6.07, 6.45) is 4.42. The predicted molar refractivity (Wildman–Crippen MR) is 67.3 cm³/mol. The van der Waals surface area contributed by atoms with Crippen LogP contribution in [0.15, 0.2) is 16.6 Å². The van der Waals surface area contributed by atoms with Crippen LogP contribution in [0.1, 0.15) is 36.0 Å². The molecule has 1 aromatic carbocycles. The van der Waals surface area contributed by atoms with Gasteiger partial charge in [0.15, 0.2) is 5.78 Å². The summed E-state index contributed by atoms with van der Waals surface area (Å²) in [5.74, 6) is -0.659. The number of carbonyl (C=O) groups is 1. The van der Waals surface area contributed by atoms with E-state index in [-0.39, 0.29) is 21.7 Å². The molecule has 0 radical (unpaired) electrons. The van der Waals surface area contributed by atoms with Gasteiger partial charge in [-0.3, -0.25) is 4.79 Å². The molecule has 2 aliphatic rings. The molecule has 0 bridgehead atoms. The molecule has 2 unspecified atom stereocenters. The lowest BCUT2D eigenvalue weighted by Gasteiger charge is -2.04. The number of Topliss-reactive ketones (excluding diaryl/α,β-unsaturated/α-hetero) is 1. The average molecular weight is 315 g/mol. The molecule has 1 nitrogen and oxygen atoms in total. The van der Waals surface area contributed by atoms with Crippen LogP contribution in [0, 0.1) is 29.4 Å². The van der Waals surface area contributed by atoms with Crippen LogP contribution in [0.4, 0.5) is 8.78 Å². The lowest BCUT2D eigenvalue weighted by Crippen LogP contribution is -2.08. The van der Waals surface area contributed by atoms with Crippen LogP contribution in [-0.4, -0.2) is 5.78 Å². The summed E-state index contributed by atoms with van der Waals surface area (Å²) < 4.78 is 27.2. The Hall–Kier alpha value is -0.770. The van der Waals surface area contributed by atoms with Gasteiger partial charge in [-0.25, -0.2) is 8.78 Å². The van der Waals surface area contributed by atoms with Crippen molar-refractivity contribution in [1.82, 2.24) is 0 Å². The molecule has 3 rings (SSSR count). The minimum absolute atomic E-state index is 0.0600. The van der Waals surface area contributed by atoms with E-state index >= 15 is 0 Å². The average Bonchev–Trinajstić information content (AvgIpc) is 3.07. The maximum absolute atomic E-state index is 13.7. The molecule has 2 aliphatic carbocycles. The standard InChI is InChI=1S/C14H13BrF2O/c15-10-6-11(16)9(5-12(10)17)14(18)13-7-3-1-2-4-8(7)13/h5-8,13H,1-4H2. The minimum atomic E-state index is -0.628. The molecule has 0 aromatic heterocycles. The van der Waals surface area contributed by atoms with Crippen molar-refractivity contribution in [1.29, 1.82) is 0 Å². The first-order valence-corrected chi connectivity index (χ1v) is 7.07. The van der Waals surface area contributed by atoms with E-state index in [0.29, 0.717) is 11.8 Å². The fourth-order valence-corrected chi connectivity index (χ4v) is 3.59. The molecule has 2 fully saturated rings. The van der Waals surface area contributed by atoms with Gasteiger partial charge in [-0.1, -0.05) is 12.8 Å². The molecule has 4 heteroatoms. The number of hydrogen-bond donors (Lipinski definition) is 0. The van der Waals surface area contributed by atoms with Crippen LogP contribution in [-0.2, 0) is 0 Å². The molecular formula is C14H13BrF2O. The summed E-state index contributed by atoms with van der Waals surface area (Å²) >= 11 is 2.92. The number of rotatable bonds is 2. The van der Waals surface area contributed by atoms with Gasteiger partial charge in [-0.2, -0.15) is 0 Å². The van der Waals surface area contributed by atoms with Crippen LogP contribution >= 0.6 is 15.9 Å². The van der Waals surface area contributed by atoms with Crippen LogP contribution in [0.3, 0.4) is 0 Å². The summed E-state index contributed by atoms with van der Waals surface area (Å²) in [5.41, 5.74) is -0.0879. The molecule has 0 spiro atoms. The van der Waals surface area contributed by atoms with E-state index in [9.17, 15) is 13.6 Å². The highest BCUT2D eigenvalue weighted by Crippen LogP contribution is 2.56. The third-order valence-corrected chi connectivity index (χ3v) is 4.84. The zero-order valence-corrected chi connectivity index (χ0v) is 11.3. The molecule has 0 N–H and O–H groups in total. The van der Waals surface area contributed by atoms with E-state index in [2.05, 4.69) is 15.9 Å². The summed E-state index contributed by atoms with van der Waals surface area (Å²) in [4.78, 5) is 12.2. The van der Waals surface area contributed by atoms with Crippen LogP contribution < -0.4 is 0 Å². The summed E-state index contributed by atoms with van der Waals surface area (Å²) in [5, 5.41) is 0. The Balaban J connectivity index is 1.87. The van der Waals surface area contributed by atoms with Crippen molar-refractivity contribution >= 4 is 21.7 Å². The number of carbonyl (C=O) groups excluding carboxylic acids is 1. The van der Waals surface area contributed by atoms with E-state index in [1.165, 1.54) is 0 Å². The van der Waals surface area contributed by atoms with E-state index in [4.69, 9.17) is 0 Å². The monoisotopic (exact) mass is 314 g/mol. The van der Waals surface area contributed by atoms with Crippen molar-refractivity contribution in [3.63, 3.8) is 0 Å². The SMILES string of the molecule is O=C(c1cc(F)c(Br)cc1F)C1C2CCCCC21. The Morgan fingerprint density at radius 2 is 1.72 bits per heavy atom. The van der Waals surface area contributed by atoms with E-state index in [1.807, 2.05) is 0 Å². The van der Waals surface area contributed by atoms with E-state index in [0.717, 1.165) is 37.8 Å². The Morgan fingerprint density at radius 1 is 1.11 bits per heavy atom. The molecule has 0 saturated heterocycles. The highest BCUT2D eigenvalue weighted by molar-refractivity contribution is 9.10. The van der Waals surface area contributed by atoms with Gasteiger partial charge in [0.25, 0.3) is 0 Å².